The molecule has 1 unspecified atom stereocenters. The maximum absolute atomic E-state index is 12.7. The van der Waals surface area contributed by atoms with E-state index < -0.39 is 11.9 Å². The maximum Gasteiger partial charge on any atom is 0.287 e. The van der Waals surface area contributed by atoms with E-state index in [1.807, 2.05) is 32.0 Å². The van der Waals surface area contributed by atoms with Crippen molar-refractivity contribution in [2.75, 3.05) is 12.4 Å². The summed E-state index contributed by atoms with van der Waals surface area (Å²) >= 11 is 1.35. The third-order valence-corrected chi connectivity index (χ3v) is 4.75. The molecule has 26 heavy (non-hydrogen) atoms. The quantitative estimate of drug-likeness (QED) is 0.691. The molecule has 0 bridgehead atoms. The zero-order chi connectivity index (χ0) is 18.7. The first kappa shape index (κ1) is 17.9. The van der Waals surface area contributed by atoms with Crippen LogP contribution in [0.3, 0.4) is 0 Å². The SMILES string of the molecule is COc1cccc2sc(NC(=O)C(NC(=O)c3ccco3)C(C)C)nc12. The van der Waals surface area contributed by atoms with Gasteiger partial charge in [-0.05, 0) is 30.2 Å². The van der Waals surface area contributed by atoms with Crippen LogP contribution in [0, 0.1) is 5.92 Å². The Labute approximate surface area is 154 Å². The second kappa shape index (κ2) is 7.57. The van der Waals surface area contributed by atoms with Crippen LogP contribution in [0.15, 0.2) is 41.0 Å². The minimum absolute atomic E-state index is 0.113. The molecule has 0 aliphatic rings. The van der Waals surface area contributed by atoms with Gasteiger partial charge in [0.1, 0.15) is 17.3 Å². The lowest BCUT2D eigenvalue weighted by Crippen LogP contribution is -2.47. The molecule has 8 heteroatoms. The Hall–Kier alpha value is -2.87. The van der Waals surface area contributed by atoms with E-state index in [2.05, 4.69) is 15.6 Å². The van der Waals surface area contributed by atoms with E-state index in [9.17, 15) is 9.59 Å². The Morgan fingerprint density at radius 1 is 1.23 bits per heavy atom. The Morgan fingerprint density at radius 2 is 2.04 bits per heavy atom. The number of carbonyl (C=O) groups is 2. The molecule has 1 aromatic carbocycles. The largest absolute Gasteiger partial charge is 0.494 e. The van der Waals surface area contributed by atoms with Crippen LogP contribution < -0.4 is 15.4 Å². The fourth-order valence-corrected chi connectivity index (χ4v) is 3.37. The smallest absolute Gasteiger partial charge is 0.287 e. The van der Waals surface area contributed by atoms with E-state index in [0.717, 1.165) is 4.70 Å². The number of ether oxygens (including phenoxy) is 1. The molecule has 0 aliphatic carbocycles. The Morgan fingerprint density at radius 3 is 2.69 bits per heavy atom. The van der Waals surface area contributed by atoms with Gasteiger partial charge in [0.2, 0.25) is 5.91 Å². The zero-order valence-electron chi connectivity index (χ0n) is 14.6. The van der Waals surface area contributed by atoms with Gasteiger partial charge in [0, 0.05) is 0 Å². The molecule has 2 heterocycles. The average molecular weight is 373 g/mol. The maximum atomic E-state index is 12.7. The zero-order valence-corrected chi connectivity index (χ0v) is 15.4. The predicted molar refractivity (Wildman–Crippen MR) is 99.6 cm³/mol. The van der Waals surface area contributed by atoms with Gasteiger partial charge in [0.05, 0.1) is 18.1 Å². The molecule has 1 atom stereocenters. The highest BCUT2D eigenvalue weighted by atomic mass is 32.1. The molecule has 0 fully saturated rings. The van der Waals surface area contributed by atoms with Crippen molar-refractivity contribution < 1.29 is 18.7 Å². The molecule has 0 saturated heterocycles. The standard InChI is InChI=1S/C18H19N3O4S/c1-10(2)14(19-16(22)12-7-5-9-25-12)17(23)21-18-20-15-11(24-3)6-4-8-13(15)26-18/h4-10,14H,1-3H3,(H,19,22)(H,20,21,23). The van der Waals surface area contributed by atoms with Gasteiger partial charge in [-0.25, -0.2) is 4.98 Å². The van der Waals surface area contributed by atoms with E-state index >= 15 is 0 Å². The molecule has 0 spiro atoms. The van der Waals surface area contributed by atoms with Gasteiger partial charge in [-0.3, -0.25) is 9.59 Å². The van der Waals surface area contributed by atoms with Gasteiger partial charge < -0.3 is 19.8 Å². The highest BCUT2D eigenvalue weighted by Gasteiger charge is 2.26. The third-order valence-electron chi connectivity index (χ3n) is 3.81. The van der Waals surface area contributed by atoms with E-state index in [1.54, 1.807) is 19.2 Å². The van der Waals surface area contributed by atoms with Crippen LogP contribution in [0.2, 0.25) is 0 Å². The van der Waals surface area contributed by atoms with Crippen LogP contribution in [0.1, 0.15) is 24.4 Å². The highest BCUT2D eigenvalue weighted by molar-refractivity contribution is 7.22. The van der Waals surface area contributed by atoms with Crippen LogP contribution in [0.5, 0.6) is 5.75 Å². The van der Waals surface area contributed by atoms with Crippen LogP contribution in [0.25, 0.3) is 10.2 Å². The second-order valence-corrected chi connectivity index (χ2v) is 7.02. The number of nitrogens with zero attached hydrogens (tertiary/aromatic N) is 1. The minimum Gasteiger partial charge on any atom is -0.494 e. The molecule has 2 amide bonds. The number of furan rings is 1. The number of fused-ring (bicyclic) bond motifs is 1. The van der Waals surface area contributed by atoms with Gasteiger partial charge in [0.25, 0.3) is 5.91 Å². The number of rotatable bonds is 6. The summed E-state index contributed by atoms with van der Waals surface area (Å²) in [7, 11) is 1.57. The molecule has 0 aliphatic heterocycles. The molecule has 0 saturated carbocycles. The van der Waals surface area contributed by atoms with Crippen molar-refractivity contribution in [3.63, 3.8) is 0 Å². The number of para-hydroxylation sites is 1. The predicted octanol–water partition coefficient (Wildman–Crippen LogP) is 3.29. The number of hydrogen-bond donors (Lipinski definition) is 2. The van der Waals surface area contributed by atoms with E-state index in [4.69, 9.17) is 9.15 Å². The van der Waals surface area contributed by atoms with Gasteiger partial charge >= 0.3 is 0 Å². The van der Waals surface area contributed by atoms with Crippen LogP contribution in [-0.4, -0.2) is 29.9 Å². The number of aromatic nitrogens is 1. The van der Waals surface area contributed by atoms with Crippen LogP contribution in [0.4, 0.5) is 5.13 Å². The molecule has 3 rings (SSSR count). The number of methoxy groups -OCH3 is 1. The minimum atomic E-state index is -0.721. The summed E-state index contributed by atoms with van der Waals surface area (Å²) in [4.78, 5) is 29.3. The van der Waals surface area contributed by atoms with E-state index in [0.29, 0.717) is 16.4 Å². The lowest BCUT2D eigenvalue weighted by atomic mass is 10.0. The van der Waals surface area contributed by atoms with Crippen molar-refractivity contribution >= 4 is 38.5 Å². The number of thiazole rings is 1. The lowest BCUT2D eigenvalue weighted by Gasteiger charge is -2.20. The number of carbonyl (C=O) groups excluding carboxylic acids is 2. The van der Waals surface area contributed by atoms with Crippen LogP contribution in [-0.2, 0) is 4.79 Å². The number of nitrogens with one attached hydrogen (secondary N) is 2. The Kier molecular flexibility index (Phi) is 5.22. The van der Waals surface area contributed by atoms with Crippen molar-refractivity contribution in [1.29, 1.82) is 0 Å². The average Bonchev–Trinajstić information content (AvgIpc) is 3.27. The summed E-state index contributed by atoms with van der Waals surface area (Å²) in [5.74, 6) is -0.0791. The molecule has 2 aromatic heterocycles. The molecule has 0 radical (unpaired) electrons. The van der Waals surface area contributed by atoms with Gasteiger partial charge in [-0.15, -0.1) is 0 Å². The van der Waals surface area contributed by atoms with Crippen molar-refractivity contribution in [3.05, 3.63) is 42.4 Å². The van der Waals surface area contributed by atoms with Gasteiger partial charge in [-0.2, -0.15) is 0 Å². The topological polar surface area (TPSA) is 93.5 Å². The van der Waals surface area contributed by atoms with Gasteiger partial charge in [-0.1, -0.05) is 31.3 Å². The molecular formula is C18H19N3O4S. The first-order chi connectivity index (χ1) is 12.5. The normalized spacial score (nSPS) is 12.2. The third kappa shape index (κ3) is 3.70. The first-order valence-electron chi connectivity index (χ1n) is 8.08. The van der Waals surface area contributed by atoms with Crippen molar-refractivity contribution in [2.24, 2.45) is 5.92 Å². The van der Waals surface area contributed by atoms with Crippen molar-refractivity contribution in [1.82, 2.24) is 10.3 Å². The highest BCUT2D eigenvalue weighted by Crippen LogP contribution is 2.32. The summed E-state index contributed by atoms with van der Waals surface area (Å²) in [6, 6.07) is 8.03. The first-order valence-corrected chi connectivity index (χ1v) is 8.90. The summed E-state index contributed by atoms with van der Waals surface area (Å²) in [6.45, 7) is 3.71. The number of benzene rings is 1. The van der Waals surface area contributed by atoms with Gasteiger partial charge in [0.15, 0.2) is 10.9 Å². The monoisotopic (exact) mass is 373 g/mol. The fraction of sp³-hybridized carbons (Fsp3) is 0.278. The Balaban J connectivity index is 1.77. The lowest BCUT2D eigenvalue weighted by molar-refractivity contribution is -0.118. The van der Waals surface area contributed by atoms with Crippen molar-refractivity contribution in [3.8, 4) is 5.75 Å². The summed E-state index contributed by atoms with van der Waals surface area (Å²) in [6.07, 6.45) is 1.41. The molecule has 2 N–H and O–H groups in total. The van der Waals surface area contributed by atoms with E-state index in [-0.39, 0.29) is 17.6 Å². The molecular weight excluding hydrogens is 354 g/mol. The Bertz CT molecular complexity index is 918. The molecule has 7 nitrogen and oxygen atoms in total. The summed E-state index contributed by atoms with van der Waals surface area (Å²) < 4.78 is 11.3. The molecule has 136 valence electrons. The van der Waals surface area contributed by atoms with E-state index in [1.165, 1.54) is 17.6 Å². The number of anilines is 1. The molecule has 3 aromatic rings. The summed E-state index contributed by atoms with van der Waals surface area (Å²) in [5.41, 5.74) is 0.691. The fourth-order valence-electron chi connectivity index (χ4n) is 2.48. The van der Waals surface area contributed by atoms with Crippen LogP contribution >= 0.6 is 11.3 Å². The van der Waals surface area contributed by atoms with Crippen molar-refractivity contribution in [2.45, 2.75) is 19.9 Å². The number of amides is 2. The number of hydrogen-bond acceptors (Lipinski definition) is 6. The summed E-state index contributed by atoms with van der Waals surface area (Å²) in [5, 5.41) is 5.94. The second-order valence-electron chi connectivity index (χ2n) is 5.99.